The largest absolute Gasteiger partial charge is 0.378 e. The van der Waals surface area contributed by atoms with Gasteiger partial charge >= 0.3 is 0 Å². The molecule has 1 saturated carbocycles. The van der Waals surface area contributed by atoms with Crippen LogP contribution in [0.4, 0.5) is 0 Å². The fourth-order valence-electron chi connectivity index (χ4n) is 2.99. The Labute approximate surface area is 110 Å². The predicted octanol–water partition coefficient (Wildman–Crippen LogP) is 2.72. The maximum Gasteiger partial charge on any atom is 0.0655 e. The van der Waals surface area contributed by atoms with Crippen molar-refractivity contribution >= 4 is 0 Å². The van der Waals surface area contributed by atoms with Crippen LogP contribution in [0.5, 0.6) is 0 Å². The van der Waals surface area contributed by atoms with E-state index in [1.165, 1.54) is 5.56 Å². The van der Waals surface area contributed by atoms with E-state index < -0.39 is 0 Å². The zero-order valence-corrected chi connectivity index (χ0v) is 11.9. The molecule has 1 aromatic heterocycles. The van der Waals surface area contributed by atoms with Gasteiger partial charge in [-0.25, -0.2) is 0 Å². The van der Waals surface area contributed by atoms with Crippen molar-refractivity contribution in [1.82, 2.24) is 9.88 Å². The molecule has 0 aliphatic heterocycles. The third-order valence-electron chi connectivity index (χ3n) is 4.18. The Balaban J connectivity index is 1.93. The lowest BCUT2D eigenvalue weighted by molar-refractivity contribution is -0.146. The fourth-order valence-corrected chi connectivity index (χ4v) is 2.99. The molecule has 2 atom stereocenters. The highest BCUT2D eigenvalue weighted by molar-refractivity contribution is 5.10. The zero-order valence-electron chi connectivity index (χ0n) is 11.9. The first-order chi connectivity index (χ1) is 8.55. The van der Waals surface area contributed by atoms with Crippen LogP contribution in [0.1, 0.15) is 32.8 Å². The Bertz CT molecular complexity index is 377. The summed E-state index contributed by atoms with van der Waals surface area (Å²) in [7, 11) is 2.20. The van der Waals surface area contributed by atoms with E-state index in [-0.39, 0.29) is 5.41 Å². The fraction of sp³-hybridized carbons (Fsp3) is 0.667. The number of pyridine rings is 1. The van der Waals surface area contributed by atoms with Crippen molar-refractivity contribution in [3.05, 3.63) is 30.1 Å². The van der Waals surface area contributed by atoms with E-state index in [9.17, 15) is 0 Å². The van der Waals surface area contributed by atoms with Crippen molar-refractivity contribution in [1.29, 1.82) is 0 Å². The molecular weight excluding hydrogens is 224 g/mol. The molecule has 0 amide bonds. The molecule has 18 heavy (non-hydrogen) atoms. The molecule has 0 radical (unpaired) electrons. The smallest absolute Gasteiger partial charge is 0.0655 e. The molecule has 0 aromatic carbocycles. The van der Waals surface area contributed by atoms with Gasteiger partial charge in [-0.2, -0.15) is 0 Å². The van der Waals surface area contributed by atoms with Crippen molar-refractivity contribution < 1.29 is 4.74 Å². The van der Waals surface area contributed by atoms with Gasteiger partial charge in [-0.3, -0.25) is 9.88 Å². The van der Waals surface area contributed by atoms with Crippen molar-refractivity contribution in [3.63, 3.8) is 0 Å². The Morgan fingerprint density at radius 3 is 2.83 bits per heavy atom. The van der Waals surface area contributed by atoms with Gasteiger partial charge in [0.1, 0.15) is 0 Å². The Hall–Kier alpha value is -0.930. The van der Waals surface area contributed by atoms with Gasteiger partial charge in [-0.1, -0.05) is 19.9 Å². The van der Waals surface area contributed by atoms with E-state index in [1.54, 1.807) is 0 Å². The molecule has 1 aliphatic carbocycles. The lowest BCUT2D eigenvalue weighted by atomic mass is 9.64. The highest BCUT2D eigenvalue weighted by Gasteiger charge is 2.50. The number of rotatable bonds is 5. The van der Waals surface area contributed by atoms with Gasteiger partial charge in [0.15, 0.2) is 0 Å². The Morgan fingerprint density at radius 2 is 2.28 bits per heavy atom. The van der Waals surface area contributed by atoms with Crippen molar-refractivity contribution in [2.45, 2.75) is 45.9 Å². The normalized spacial score (nSPS) is 26.1. The molecule has 0 bridgehead atoms. The third-order valence-corrected chi connectivity index (χ3v) is 4.18. The third kappa shape index (κ3) is 2.57. The molecule has 1 heterocycles. The maximum atomic E-state index is 5.78. The molecule has 1 fully saturated rings. The lowest BCUT2D eigenvalue weighted by Gasteiger charge is -2.55. The van der Waals surface area contributed by atoms with Crippen LogP contribution in [0.3, 0.4) is 0 Å². The number of hydrogen-bond donors (Lipinski definition) is 0. The van der Waals surface area contributed by atoms with Gasteiger partial charge < -0.3 is 4.74 Å². The molecular formula is C15H24N2O. The topological polar surface area (TPSA) is 25.4 Å². The van der Waals surface area contributed by atoms with Crippen LogP contribution in [0.2, 0.25) is 0 Å². The summed E-state index contributed by atoms with van der Waals surface area (Å²) >= 11 is 0. The van der Waals surface area contributed by atoms with Gasteiger partial charge in [-0.15, -0.1) is 0 Å². The highest BCUT2D eigenvalue weighted by atomic mass is 16.5. The summed E-state index contributed by atoms with van der Waals surface area (Å²) in [4.78, 5) is 6.59. The molecule has 3 heteroatoms. The van der Waals surface area contributed by atoms with E-state index in [4.69, 9.17) is 4.74 Å². The van der Waals surface area contributed by atoms with Crippen LogP contribution in [-0.2, 0) is 11.3 Å². The molecule has 3 nitrogen and oxygen atoms in total. The highest BCUT2D eigenvalue weighted by Crippen LogP contribution is 2.45. The summed E-state index contributed by atoms with van der Waals surface area (Å²) in [6.45, 7) is 8.46. The van der Waals surface area contributed by atoms with E-state index in [0.29, 0.717) is 12.1 Å². The minimum atomic E-state index is 0.243. The monoisotopic (exact) mass is 248 g/mol. The quantitative estimate of drug-likeness (QED) is 0.801. The molecule has 1 aliphatic rings. The van der Waals surface area contributed by atoms with Gasteiger partial charge in [0.2, 0.25) is 0 Å². The van der Waals surface area contributed by atoms with E-state index in [2.05, 4.69) is 43.8 Å². The predicted molar refractivity (Wildman–Crippen MR) is 73.3 cm³/mol. The molecule has 2 rings (SSSR count). The Morgan fingerprint density at radius 1 is 1.50 bits per heavy atom. The van der Waals surface area contributed by atoms with Gasteiger partial charge in [-0.05, 0) is 32.0 Å². The average molecular weight is 248 g/mol. The van der Waals surface area contributed by atoms with Crippen LogP contribution in [0, 0.1) is 5.41 Å². The number of ether oxygens (including phenoxy) is 1. The number of nitrogens with zero attached hydrogens (tertiary/aromatic N) is 2. The molecule has 0 unspecified atom stereocenters. The van der Waals surface area contributed by atoms with Crippen LogP contribution < -0.4 is 0 Å². The van der Waals surface area contributed by atoms with Crippen LogP contribution in [-0.4, -0.2) is 35.7 Å². The first-order valence-electron chi connectivity index (χ1n) is 6.76. The molecule has 100 valence electrons. The Kier molecular flexibility index (Phi) is 4.03. The number of aromatic nitrogens is 1. The number of hydrogen-bond acceptors (Lipinski definition) is 3. The van der Waals surface area contributed by atoms with E-state index in [1.807, 2.05) is 18.5 Å². The van der Waals surface area contributed by atoms with Crippen molar-refractivity contribution in [3.8, 4) is 0 Å². The van der Waals surface area contributed by atoms with Gasteiger partial charge in [0, 0.05) is 37.0 Å². The van der Waals surface area contributed by atoms with E-state index in [0.717, 1.165) is 19.6 Å². The zero-order chi connectivity index (χ0) is 13.2. The molecule has 0 spiro atoms. The minimum Gasteiger partial charge on any atom is -0.378 e. The summed E-state index contributed by atoms with van der Waals surface area (Å²) < 4.78 is 5.78. The van der Waals surface area contributed by atoms with Crippen molar-refractivity contribution in [2.75, 3.05) is 13.7 Å². The summed E-state index contributed by atoms with van der Waals surface area (Å²) in [5.41, 5.74) is 1.52. The van der Waals surface area contributed by atoms with E-state index >= 15 is 0 Å². The maximum absolute atomic E-state index is 5.78. The summed E-state index contributed by atoms with van der Waals surface area (Å²) in [5, 5.41) is 0. The van der Waals surface area contributed by atoms with Crippen LogP contribution in [0.15, 0.2) is 24.5 Å². The first kappa shape index (κ1) is 13.5. The SMILES string of the molecule is CCO[C@H]1C[C@@H](N(C)Cc2cccnc2)C1(C)C. The summed E-state index contributed by atoms with van der Waals surface area (Å²) in [6.07, 6.45) is 5.31. The molecule has 1 aromatic rings. The molecule has 0 N–H and O–H groups in total. The summed E-state index contributed by atoms with van der Waals surface area (Å²) in [5.74, 6) is 0. The standard InChI is InChI=1S/C15H24N2O/c1-5-18-14-9-13(15(14,2)3)17(4)11-12-7-6-8-16-10-12/h6-8,10,13-14H,5,9,11H2,1-4H3/t13-,14+/m1/s1. The minimum absolute atomic E-state index is 0.243. The first-order valence-corrected chi connectivity index (χ1v) is 6.76. The van der Waals surface area contributed by atoms with Crippen molar-refractivity contribution in [2.24, 2.45) is 5.41 Å². The van der Waals surface area contributed by atoms with Gasteiger partial charge in [0.05, 0.1) is 6.10 Å². The molecule has 0 saturated heterocycles. The lowest BCUT2D eigenvalue weighted by Crippen LogP contribution is -2.60. The van der Waals surface area contributed by atoms with Gasteiger partial charge in [0.25, 0.3) is 0 Å². The average Bonchev–Trinajstić information content (AvgIpc) is 2.35. The van der Waals surface area contributed by atoms with Crippen LogP contribution >= 0.6 is 0 Å². The second-order valence-electron chi connectivity index (χ2n) is 5.79. The summed E-state index contributed by atoms with van der Waals surface area (Å²) in [6, 6.07) is 4.72. The van der Waals surface area contributed by atoms with Crippen LogP contribution in [0.25, 0.3) is 0 Å². The second-order valence-corrected chi connectivity index (χ2v) is 5.79. The second kappa shape index (κ2) is 5.37.